The van der Waals surface area contributed by atoms with Gasteiger partial charge >= 0.3 is 8.80 Å². The average molecular weight is 262 g/mol. The lowest BCUT2D eigenvalue weighted by molar-refractivity contribution is -0.0175. The minimum atomic E-state index is -2.66. The van der Waals surface area contributed by atoms with Gasteiger partial charge < -0.3 is 13.3 Å². The third kappa shape index (κ3) is 4.70. The minimum absolute atomic E-state index is 0.0632. The zero-order valence-electron chi connectivity index (χ0n) is 12.8. The fourth-order valence-electron chi connectivity index (χ4n) is 1.63. The summed E-state index contributed by atoms with van der Waals surface area (Å²) in [5.41, 5.74) is -0.247. The van der Waals surface area contributed by atoms with E-state index in [1.54, 1.807) is 0 Å². The molecule has 0 aromatic carbocycles. The molecule has 3 nitrogen and oxygen atoms in total. The van der Waals surface area contributed by atoms with Gasteiger partial charge in [-0.15, -0.1) is 0 Å². The van der Waals surface area contributed by atoms with Gasteiger partial charge in [0.05, 0.1) is 5.60 Å². The third-order valence-electron chi connectivity index (χ3n) is 2.82. The Hall–Kier alpha value is 0.0969. The van der Waals surface area contributed by atoms with Gasteiger partial charge in [0, 0.05) is 18.3 Å². The quantitative estimate of drug-likeness (QED) is 0.649. The van der Waals surface area contributed by atoms with Gasteiger partial charge in [0.15, 0.2) is 0 Å². The molecule has 0 saturated heterocycles. The SMILES string of the molecule is CCO[Si](OCC)(OC(C)(C)C)C(C)(C)CC. The molecule has 4 heteroatoms. The van der Waals surface area contributed by atoms with Gasteiger partial charge in [0.2, 0.25) is 0 Å². The Labute approximate surface area is 108 Å². The van der Waals surface area contributed by atoms with Crippen molar-refractivity contribution in [2.45, 2.75) is 72.5 Å². The van der Waals surface area contributed by atoms with E-state index in [1.807, 2.05) is 13.8 Å². The predicted octanol–water partition coefficient (Wildman–Crippen LogP) is 4.00. The van der Waals surface area contributed by atoms with Crippen LogP contribution in [0.3, 0.4) is 0 Å². The maximum Gasteiger partial charge on any atom is 0.507 e. The fraction of sp³-hybridized carbons (Fsp3) is 1.00. The van der Waals surface area contributed by atoms with Crippen LogP contribution in [0.5, 0.6) is 0 Å². The Kier molecular flexibility index (Phi) is 6.35. The molecule has 0 atom stereocenters. The van der Waals surface area contributed by atoms with Gasteiger partial charge in [-0.3, -0.25) is 0 Å². The zero-order chi connectivity index (χ0) is 13.7. The van der Waals surface area contributed by atoms with E-state index in [2.05, 4.69) is 41.5 Å². The van der Waals surface area contributed by atoms with E-state index < -0.39 is 8.80 Å². The van der Waals surface area contributed by atoms with E-state index in [1.165, 1.54) is 0 Å². The highest BCUT2D eigenvalue weighted by Crippen LogP contribution is 2.44. The van der Waals surface area contributed by atoms with E-state index in [-0.39, 0.29) is 10.6 Å². The molecule has 0 unspecified atom stereocenters. The van der Waals surface area contributed by atoms with Crippen molar-refractivity contribution in [3.05, 3.63) is 0 Å². The molecule has 0 aliphatic heterocycles. The van der Waals surface area contributed by atoms with Crippen molar-refractivity contribution in [1.29, 1.82) is 0 Å². The van der Waals surface area contributed by atoms with Gasteiger partial charge in [0.25, 0.3) is 0 Å². The van der Waals surface area contributed by atoms with Crippen LogP contribution in [-0.4, -0.2) is 27.6 Å². The highest BCUT2D eigenvalue weighted by molar-refractivity contribution is 6.64. The first kappa shape index (κ1) is 17.1. The van der Waals surface area contributed by atoms with E-state index in [0.717, 1.165) is 6.42 Å². The summed E-state index contributed by atoms with van der Waals surface area (Å²) in [7, 11) is -2.66. The Morgan fingerprint density at radius 1 is 0.824 bits per heavy atom. The lowest BCUT2D eigenvalue weighted by atomic mass is 10.1. The van der Waals surface area contributed by atoms with Gasteiger partial charge in [0.1, 0.15) is 0 Å². The van der Waals surface area contributed by atoms with Crippen LogP contribution in [0.25, 0.3) is 0 Å². The van der Waals surface area contributed by atoms with Crippen molar-refractivity contribution in [1.82, 2.24) is 0 Å². The maximum atomic E-state index is 6.26. The number of hydrogen-bond donors (Lipinski definition) is 0. The third-order valence-corrected chi connectivity index (χ3v) is 7.05. The molecule has 0 amide bonds. The smallest absolute Gasteiger partial charge is 0.373 e. The summed E-state index contributed by atoms with van der Waals surface area (Å²) in [4.78, 5) is 0. The number of hydrogen-bond acceptors (Lipinski definition) is 3. The van der Waals surface area contributed by atoms with Crippen LogP contribution in [0.1, 0.15) is 61.8 Å². The molecular weight excluding hydrogens is 232 g/mol. The monoisotopic (exact) mass is 262 g/mol. The predicted molar refractivity (Wildman–Crippen MR) is 74.2 cm³/mol. The van der Waals surface area contributed by atoms with Crippen molar-refractivity contribution in [3.8, 4) is 0 Å². The van der Waals surface area contributed by atoms with E-state index >= 15 is 0 Å². The second-order valence-electron chi connectivity index (χ2n) is 5.87. The summed E-state index contributed by atoms with van der Waals surface area (Å²) < 4.78 is 18.2. The maximum absolute atomic E-state index is 6.26. The van der Waals surface area contributed by atoms with Crippen LogP contribution in [0.15, 0.2) is 0 Å². The van der Waals surface area contributed by atoms with Crippen molar-refractivity contribution < 1.29 is 13.3 Å². The summed E-state index contributed by atoms with van der Waals surface area (Å²) in [5.74, 6) is 0. The topological polar surface area (TPSA) is 27.7 Å². The van der Waals surface area contributed by atoms with Gasteiger partial charge in [-0.25, -0.2) is 0 Å². The van der Waals surface area contributed by atoms with Crippen LogP contribution in [0.4, 0.5) is 0 Å². The highest BCUT2D eigenvalue weighted by atomic mass is 28.4. The van der Waals surface area contributed by atoms with Crippen LogP contribution in [0.2, 0.25) is 5.04 Å². The van der Waals surface area contributed by atoms with Gasteiger partial charge in [-0.1, -0.05) is 20.8 Å². The Morgan fingerprint density at radius 3 is 1.47 bits per heavy atom. The van der Waals surface area contributed by atoms with Crippen molar-refractivity contribution in [3.63, 3.8) is 0 Å². The molecule has 104 valence electrons. The molecule has 0 aromatic rings. The highest BCUT2D eigenvalue weighted by Gasteiger charge is 2.56. The normalized spacial score (nSPS) is 14.1. The molecule has 0 fully saturated rings. The Bertz CT molecular complexity index is 215. The second-order valence-corrected chi connectivity index (χ2v) is 9.12. The Balaban J connectivity index is 5.26. The second kappa shape index (κ2) is 6.32. The summed E-state index contributed by atoms with van der Waals surface area (Å²) in [6.45, 7) is 17.9. The summed E-state index contributed by atoms with van der Waals surface area (Å²) in [6.07, 6.45) is 0.981. The molecule has 0 aliphatic carbocycles. The van der Waals surface area contributed by atoms with Crippen LogP contribution in [-0.2, 0) is 13.3 Å². The molecule has 0 N–H and O–H groups in total. The first-order valence-corrected chi connectivity index (χ1v) is 8.34. The van der Waals surface area contributed by atoms with Crippen LogP contribution < -0.4 is 0 Å². The standard InChI is InChI=1S/C13H30O3Si/c1-9-13(7,8)17(14-10-2,15-11-3)16-12(4,5)6/h9-11H2,1-8H3. The first-order valence-electron chi connectivity index (χ1n) is 6.62. The van der Waals surface area contributed by atoms with E-state index in [4.69, 9.17) is 13.3 Å². The largest absolute Gasteiger partial charge is 0.507 e. The van der Waals surface area contributed by atoms with Crippen molar-refractivity contribution >= 4 is 8.80 Å². The molecule has 0 bridgehead atoms. The van der Waals surface area contributed by atoms with Crippen LogP contribution >= 0.6 is 0 Å². The molecule has 0 spiro atoms. The molecule has 17 heavy (non-hydrogen) atoms. The van der Waals surface area contributed by atoms with Gasteiger partial charge in [-0.05, 0) is 41.0 Å². The fourth-order valence-corrected chi connectivity index (χ4v) is 4.89. The summed E-state index contributed by atoms with van der Waals surface area (Å²) >= 11 is 0. The van der Waals surface area contributed by atoms with E-state index in [9.17, 15) is 0 Å². The molecule has 0 saturated carbocycles. The lowest BCUT2D eigenvalue weighted by Gasteiger charge is -2.44. The first-order chi connectivity index (χ1) is 7.64. The molecule has 0 rings (SSSR count). The van der Waals surface area contributed by atoms with Crippen molar-refractivity contribution in [2.75, 3.05) is 13.2 Å². The zero-order valence-corrected chi connectivity index (χ0v) is 13.8. The van der Waals surface area contributed by atoms with Crippen LogP contribution in [0, 0.1) is 0 Å². The van der Waals surface area contributed by atoms with E-state index in [0.29, 0.717) is 13.2 Å². The lowest BCUT2D eigenvalue weighted by Crippen LogP contribution is -2.57. The summed E-state index contributed by atoms with van der Waals surface area (Å²) in [6, 6.07) is 0. The molecule has 0 radical (unpaired) electrons. The molecular formula is C13H30O3Si. The number of rotatable bonds is 7. The molecule has 0 aromatic heterocycles. The van der Waals surface area contributed by atoms with Gasteiger partial charge in [-0.2, -0.15) is 0 Å². The molecule has 0 aliphatic rings. The Morgan fingerprint density at radius 2 is 1.24 bits per heavy atom. The summed E-state index contributed by atoms with van der Waals surface area (Å²) in [5, 5.41) is -0.0632. The van der Waals surface area contributed by atoms with Crippen molar-refractivity contribution in [2.24, 2.45) is 0 Å². The minimum Gasteiger partial charge on any atom is -0.373 e. The average Bonchev–Trinajstić information content (AvgIpc) is 2.15. The molecule has 0 heterocycles.